The van der Waals surface area contributed by atoms with Gasteiger partial charge in [0.1, 0.15) is 24.0 Å². The highest BCUT2D eigenvalue weighted by atomic mass is 35.5. The smallest absolute Gasteiger partial charge is 0.229 e. The quantitative estimate of drug-likeness (QED) is 0.282. The number of hydrogen-bond donors (Lipinski definition) is 2. The predicted molar refractivity (Wildman–Crippen MR) is 186 cm³/mol. The van der Waals surface area contributed by atoms with E-state index in [1.807, 2.05) is 12.1 Å². The monoisotopic (exact) mass is 653 g/mol. The number of hydrogen-bond acceptors (Lipinski definition) is 10. The molecule has 1 aromatic heterocycles. The molecule has 2 aromatic carbocycles. The van der Waals surface area contributed by atoms with E-state index in [0.29, 0.717) is 42.1 Å². The van der Waals surface area contributed by atoms with E-state index in [9.17, 15) is 0 Å². The van der Waals surface area contributed by atoms with E-state index in [0.717, 1.165) is 47.0 Å². The summed E-state index contributed by atoms with van der Waals surface area (Å²) in [5.74, 6) is 3.24. The molecule has 0 saturated carbocycles. The average Bonchev–Trinajstić information content (AvgIpc) is 3.54. The third kappa shape index (κ3) is 6.89. The number of nitrogens with one attached hydrogen (secondary N) is 2. The number of halogens is 1. The van der Waals surface area contributed by atoms with E-state index in [-0.39, 0.29) is 0 Å². The van der Waals surface area contributed by atoms with Crippen molar-refractivity contribution in [3.63, 3.8) is 0 Å². The zero-order valence-electron chi connectivity index (χ0n) is 27.2. The van der Waals surface area contributed by atoms with E-state index >= 15 is 0 Å². The van der Waals surface area contributed by atoms with Gasteiger partial charge in [-0.1, -0.05) is 19.5 Å². The predicted octanol–water partition coefficient (Wildman–Crippen LogP) is 5.68. The molecule has 2 fully saturated rings. The second-order valence-electron chi connectivity index (χ2n) is 12.5. The molecule has 0 aliphatic carbocycles. The van der Waals surface area contributed by atoms with Gasteiger partial charge in [0, 0.05) is 55.3 Å². The Hall–Kier alpha value is -3.04. The molecule has 45 heavy (non-hydrogen) atoms. The lowest BCUT2D eigenvalue weighted by molar-refractivity contribution is 0.173. The summed E-state index contributed by atoms with van der Waals surface area (Å²) in [7, 11) is 5.59. The maximum atomic E-state index is 6.59. The summed E-state index contributed by atoms with van der Waals surface area (Å²) in [5, 5.41) is 8.32. The number of fused-ring (bicyclic) bond motifs is 1. The highest BCUT2D eigenvalue weighted by Gasteiger charge is 2.32. The molecule has 10 nitrogen and oxygen atoms in total. The van der Waals surface area contributed by atoms with E-state index in [4.69, 9.17) is 30.8 Å². The summed E-state index contributed by atoms with van der Waals surface area (Å²) >= 11 is 6.59. The van der Waals surface area contributed by atoms with Crippen LogP contribution in [0.3, 0.4) is 0 Å². The Balaban J connectivity index is 1.17. The van der Waals surface area contributed by atoms with Gasteiger partial charge in [0.25, 0.3) is 0 Å². The van der Waals surface area contributed by atoms with Gasteiger partial charge in [0.15, 0.2) is 17.3 Å². The van der Waals surface area contributed by atoms with Gasteiger partial charge < -0.3 is 34.6 Å². The maximum absolute atomic E-state index is 6.59. The van der Waals surface area contributed by atoms with Gasteiger partial charge in [-0.3, -0.25) is 4.90 Å². The first-order valence-corrected chi connectivity index (χ1v) is 18.3. The number of aryl methyl sites for hydroxylation is 1. The molecule has 1 atom stereocenters. The van der Waals surface area contributed by atoms with Crippen LogP contribution in [0.1, 0.15) is 24.8 Å². The van der Waals surface area contributed by atoms with Crippen LogP contribution in [0.5, 0.6) is 17.2 Å². The average molecular weight is 654 g/mol. The van der Waals surface area contributed by atoms with Crippen molar-refractivity contribution < 1.29 is 14.2 Å². The maximum Gasteiger partial charge on any atom is 0.229 e. The second kappa shape index (κ2) is 13.8. The summed E-state index contributed by atoms with van der Waals surface area (Å²) in [6.07, 6.45) is 5.24. The summed E-state index contributed by atoms with van der Waals surface area (Å²) in [6.45, 7) is 12.1. The minimum atomic E-state index is -0.507. The van der Waals surface area contributed by atoms with Crippen LogP contribution in [-0.2, 0) is 0 Å². The lowest BCUT2D eigenvalue weighted by Crippen LogP contribution is -2.45. The normalized spacial score (nSPS) is 19.0. The zero-order chi connectivity index (χ0) is 31.7. The minimum absolute atomic E-state index is 0.421. The van der Waals surface area contributed by atoms with Crippen LogP contribution >= 0.6 is 19.5 Å². The minimum Gasteiger partial charge on any atom is -0.494 e. The van der Waals surface area contributed by atoms with Crippen molar-refractivity contribution in [2.45, 2.75) is 38.3 Å². The van der Waals surface area contributed by atoms with Crippen molar-refractivity contribution in [3.8, 4) is 17.2 Å². The Kier molecular flexibility index (Phi) is 9.76. The molecule has 2 saturated heterocycles. The first-order valence-electron chi connectivity index (χ1n) is 15.7. The van der Waals surface area contributed by atoms with E-state index in [2.05, 4.69) is 76.8 Å². The van der Waals surface area contributed by atoms with Gasteiger partial charge in [-0.25, -0.2) is 4.98 Å². The Morgan fingerprint density at radius 3 is 2.51 bits per heavy atom. The van der Waals surface area contributed by atoms with Crippen LogP contribution in [0.2, 0.25) is 5.02 Å². The molecule has 0 spiro atoms. The number of piperidine rings is 1. The standard InChI is InChI=1S/C33H45ClN7O3P/c1-21-17-26(29(42-4)18-27(21)40-12-9-22(10-13-40)41-14-11-23(20-41)39(2)3)37-33-35-19-24(34)32(38-33)36-25-7-8-28-30(31(25)45(5)6)44-16-15-43-28/h7-8,17-19,22-23H,9-16,20H2,1-6H3,(H2,35,36,37,38)/t23-/m1/s1. The fraction of sp³-hybridized carbons (Fsp3) is 0.515. The third-order valence-electron chi connectivity index (χ3n) is 9.14. The number of methoxy groups -OCH3 is 1. The van der Waals surface area contributed by atoms with Crippen molar-refractivity contribution in [3.05, 3.63) is 41.0 Å². The molecule has 0 amide bonds. The number of ether oxygens (including phenoxy) is 3. The Labute approximate surface area is 273 Å². The topological polar surface area (TPSA) is 87.3 Å². The largest absolute Gasteiger partial charge is 0.494 e. The molecular weight excluding hydrogens is 609 g/mol. The molecule has 3 aliphatic heterocycles. The van der Waals surface area contributed by atoms with Crippen LogP contribution in [0.4, 0.5) is 28.8 Å². The van der Waals surface area contributed by atoms with Crippen LogP contribution in [-0.4, -0.2) is 106 Å². The Bertz CT molecular complexity index is 1520. The van der Waals surface area contributed by atoms with Gasteiger partial charge in [0.05, 0.1) is 24.7 Å². The molecule has 12 heteroatoms. The fourth-order valence-corrected chi connectivity index (χ4v) is 8.02. The van der Waals surface area contributed by atoms with E-state index in [1.54, 1.807) is 13.3 Å². The number of likely N-dealkylation sites (tertiary alicyclic amines) is 1. The van der Waals surface area contributed by atoms with Crippen molar-refractivity contribution in [2.24, 2.45) is 0 Å². The molecule has 242 valence electrons. The van der Waals surface area contributed by atoms with E-state index in [1.165, 1.54) is 43.6 Å². The molecule has 3 aliphatic rings. The molecule has 2 N–H and O–H groups in total. The van der Waals surface area contributed by atoms with Crippen LogP contribution in [0.25, 0.3) is 0 Å². The third-order valence-corrected chi connectivity index (χ3v) is 10.8. The van der Waals surface area contributed by atoms with Crippen molar-refractivity contribution in [1.29, 1.82) is 0 Å². The van der Waals surface area contributed by atoms with E-state index < -0.39 is 7.92 Å². The SMILES string of the molecule is COc1cc(N2CCC(N3CC[C@@H](N(C)C)C3)CC2)c(C)cc1Nc1ncc(Cl)c(Nc2ccc3c(c2P(C)C)OCCO3)n1. The number of benzene rings is 2. The van der Waals surface area contributed by atoms with Crippen LogP contribution in [0.15, 0.2) is 30.5 Å². The Morgan fingerprint density at radius 2 is 1.80 bits per heavy atom. The lowest BCUT2D eigenvalue weighted by atomic mass is 10.0. The van der Waals surface area contributed by atoms with Gasteiger partial charge in [-0.05, 0) is 77.4 Å². The van der Waals surface area contributed by atoms with Crippen LogP contribution < -0.4 is 35.0 Å². The molecule has 0 bridgehead atoms. The van der Waals surface area contributed by atoms with Crippen LogP contribution in [0, 0.1) is 6.92 Å². The highest BCUT2D eigenvalue weighted by Crippen LogP contribution is 2.42. The molecule has 3 aromatic rings. The molecular formula is C33H45ClN7O3P. The first-order chi connectivity index (χ1) is 21.7. The van der Waals surface area contributed by atoms with Gasteiger partial charge in [0.2, 0.25) is 5.95 Å². The summed E-state index contributed by atoms with van der Waals surface area (Å²) < 4.78 is 17.7. The Morgan fingerprint density at radius 1 is 1.02 bits per heavy atom. The molecule has 4 heterocycles. The molecule has 0 unspecified atom stereocenters. The summed E-state index contributed by atoms with van der Waals surface area (Å²) in [6, 6.07) is 9.52. The number of rotatable bonds is 9. The molecule has 6 rings (SSSR count). The van der Waals surface area contributed by atoms with Crippen molar-refractivity contribution in [1.82, 2.24) is 19.8 Å². The lowest BCUT2D eigenvalue weighted by Gasteiger charge is -2.38. The number of nitrogens with zero attached hydrogens (tertiary/aromatic N) is 5. The number of anilines is 5. The van der Waals surface area contributed by atoms with Crippen molar-refractivity contribution >= 4 is 53.7 Å². The number of aromatic nitrogens is 2. The summed E-state index contributed by atoms with van der Waals surface area (Å²) in [5.41, 5.74) is 4.09. The highest BCUT2D eigenvalue weighted by molar-refractivity contribution is 7.64. The molecule has 0 radical (unpaired) electrons. The summed E-state index contributed by atoms with van der Waals surface area (Å²) in [4.78, 5) is 16.8. The van der Waals surface area contributed by atoms with Gasteiger partial charge in [-0.15, -0.1) is 0 Å². The zero-order valence-corrected chi connectivity index (χ0v) is 28.8. The van der Waals surface area contributed by atoms with Gasteiger partial charge in [-0.2, -0.15) is 4.98 Å². The number of likely N-dealkylation sites (N-methyl/N-ethyl adjacent to an activating group) is 1. The fourth-order valence-electron chi connectivity index (χ4n) is 6.69. The second-order valence-corrected chi connectivity index (χ2v) is 15.1. The van der Waals surface area contributed by atoms with Crippen molar-refractivity contribution in [2.75, 3.05) is 89.5 Å². The first kappa shape index (κ1) is 31.9. The van der Waals surface area contributed by atoms with Gasteiger partial charge >= 0.3 is 0 Å².